The van der Waals surface area contributed by atoms with Gasteiger partial charge in [-0.1, -0.05) is 0 Å². The van der Waals surface area contributed by atoms with Crippen molar-refractivity contribution in [2.24, 2.45) is 5.73 Å². The van der Waals surface area contributed by atoms with Gasteiger partial charge >= 0.3 is 5.97 Å². The van der Waals surface area contributed by atoms with Crippen LogP contribution in [0.1, 0.15) is 25.8 Å². The van der Waals surface area contributed by atoms with Gasteiger partial charge in [0.15, 0.2) is 0 Å². The molecule has 2 N–H and O–H groups in total. The maximum absolute atomic E-state index is 13.1. The number of carbonyl (C=O) groups is 1. The SMILES string of the molecule is CCOC(=O)C(C)(N)CCOc1ccc(F)c(C)c1. The molecule has 0 saturated carbocycles. The molecule has 0 amide bonds. The van der Waals surface area contributed by atoms with E-state index in [1.165, 1.54) is 6.07 Å². The number of hydrogen-bond donors (Lipinski definition) is 1. The van der Waals surface area contributed by atoms with Crippen LogP contribution in [0.4, 0.5) is 4.39 Å². The molecular weight excluding hydrogens is 249 g/mol. The molecule has 0 aromatic heterocycles. The van der Waals surface area contributed by atoms with Crippen LogP contribution in [0.2, 0.25) is 0 Å². The number of ether oxygens (including phenoxy) is 2. The average Bonchev–Trinajstić information content (AvgIpc) is 2.34. The van der Waals surface area contributed by atoms with Gasteiger partial charge in [0.1, 0.15) is 17.1 Å². The molecule has 0 aliphatic rings. The van der Waals surface area contributed by atoms with Crippen molar-refractivity contribution in [1.82, 2.24) is 0 Å². The molecule has 19 heavy (non-hydrogen) atoms. The van der Waals surface area contributed by atoms with Crippen LogP contribution in [-0.2, 0) is 9.53 Å². The predicted molar refractivity (Wildman–Crippen MR) is 70.5 cm³/mol. The summed E-state index contributed by atoms with van der Waals surface area (Å²) >= 11 is 0. The Morgan fingerprint density at radius 1 is 1.47 bits per heavy atom. The summed E-state index contributed by atoms with van der Waals surface area (Å²) in [6.45, 7) is 5.55. The second-order valence-corrected chi connectivity index (χ2v) is 4.65. The van der Waals surface area contributed by atoms with E-state index in [0.717, 1.165) is 0 Å². The Kier molecular flexibility index (Phi) is 5.30. The zero-order chi connectivity index (χ0) is 14.5. The van der Waals surface area contributed by atoms with E-state index in [4.69, 9.17) is 15.2 Å². The fourth-order valence-corrected chi connectivity index (χ4v) is 1.49. The van der Waals surface area contributed by atoms with E-state index < -0.39 is 11.5 Å². The summed E-state index contributed by atoms with van der Waals surface area (Å²) in [5.41, 5.74) is 5.28. The van der Waals surface area contributed by atoms with Gasteiger partial charge in [-0.2, -0.15) is 0 Å². The monoisotopic (exact) mass is 269 g/mol. The maximum atomic E-state index is 13.1. The second kappa shape index (κ2) is 6.52. The molecular formula is C14H20FNO3. The van der Waals surface area contributed by atoms with Crippen molar-refractivity contribution in [1.29, 1.82) is 0 Å². The van der Waals surface area contributed by atoms with Crippen molar-refractivity contribution >= 4 is 5.97 Å². The van der Waals surface area contributed by atoms with Crippen LogP contribution in [0.3, 0.4) is 0 Å². The second-order valence-electron chi connectivity index (χ2n) is 4.65. The molecule has 0 aliphatic heterocycles. The predicted octanol–water partition coefficient (Wildman–Crippen LogP) is 2.18. The summed E-state index contributed by atoms with van der Waals surface area (Å²) in [6, 6.07) is 4.49. The van der Waals surface area contributed by atoms with E-state index >= 15 is 0 Å². The number of benzene rings is 1. The van der Waals surface area contributed by atoms with Gasteiger partial charge in [-0.05, 0) is 44.5 Å². The van der Waals surface area contributed by atoms with Crippen molar-refractivity contribution in [3.8, 4) is 5.75 Å². The lowest BCUT2D eigenvalue weighted by molar-refractivity contribution is -0.149. The number of esters is 1. The van der Waals surface area contributed by atoms with Gasteiger partial charge in [0.25, 0.3) is 0 Å². The van der Waals surface area contributed by atoms with Crippen molar-refractivity contribution in [2.45, 2.75) is 32.7 Å². The van der Waals surface area contributed by atoms with E-state index in [-0.39, 0.29) is 12.4 Å². The Morgan fingerprint density at radius 2 is 2.16 bits per heavy atom. The van der Waals surface area contributed by atoms with Crippen molar-refractivity contribution in [3.63, 3.8) is 0 Å². The molecule has 0 radical (unpaired) electrons. The molecule has 4 nitrogen and oxygen atoms in total. The Bertz CT molecular complexity index is 446. The zero-order valence-corrected chi connectivity index (χ0v) is 11.5. The molecule has 0 fully saturated rings. The quantitative estimate of drug-likeness (QED) is 0.804. The van der Waals surface area contributed by atoms with Crippen molar-refractivity contribution in [3.05, 3.63) is 29.6 Å². The molecule has 5 heteroatoms. The molecule has 1 unspecified atom stereocenters. The van der Waals surface area contributed by atoms with Crippen molar-refractivity contribution < 1.29 is 18.7 Å². The number of rotatable bonds is 6. The third-order valence-electron chi connectivity index (χ3n) is 2.76. The van der Waals surface area contributed by atoms with Crippen LogP contribution in [0.15, 0.2) is 18.2 Å². The summed E-state index contributed by atoms with van der Waals surface area (Å²) in [6.07, 6.45) is 0.322. The first-order valence-corrected chi connectivity index (χ1v) is 6.22. The highest BCUT2D eigenvalue weighted by molar-refractivity contribution is 5.79. The lowest BCUT2D eigenvalue weighted by Gasteiger charge is -2.22. The minimum absolute atomic E-state index is 0.261. The summed E-state index contributed by atoms with van der Waals surface area (Å²) < 4.78 is 23.4. The van der Waals surface area contributed by atoms with Gasteiger partial charge in [0.05, 0.1) is 13.2 Å². The number of halogens is 1. The molecule has 0 bridgehead atoms. The minimum Gasteiger partial charge on any atom is -0.493 e. The largest absolute Gasteiger partial charge is 0.493 e. The smallest absolute Gasteiger partial charge is 0.325 e. The average molecular weight is 269 g/mol. The first-order valence-electron chi connectivity index (χ1n) is 6.22. The topological polar surface area (TPSA) is 61.5 Å². The zero-order valence-electron chi connectivity index (χ0n) is 11.5. The van der Waals surface area contributed by atoms with Crippen LogP contribution in [0.25, 0.3) is 0 Å². The third-order valence-corrected chi connectivity index (χ3v) is 2.76. The number of aryl methyl sites for hydroxylation is 1. The fourth-order valence-electron chi connectivity index (χ4n) is 1.49. The summed E-state index contributed by atoms with van der Waals surface area (Å²) in [5.74, 6) is -0.171. The van der Waals surface area contributed by atoms with Gasteiger partial charge in [-0.15, -0.1) is 0 Å². The highest BCUT2D eigenvalue weighted by atomic mass is 19.1. The molecule has 0 aliphatic carbocycles. The van der Waals surface area contributed by atoms with Gasteiger partial charge in [-0.25, -0.2) is 4.39 Å². The van der Waals surface area contributed by atoms with Crippen molar-refractivity contribution in [2.75, 3.05) is 13.2 Å². The van der Waals surface area contributed by atoms with E-state index in [2.05, 4.69) is 0 Å². The fraction of sp³-hybridized carbons (Fsp3) is 0.500. The first-order chi connectivity index (χ1) is 8.86. The van der Waals surface area contributed by atoms with Crippen LogP contribution < -0.4 is 10.5 Å². The molecule has 1 rings (SSSR count). The number of carbonyl (C=O) groups excluding carboxylic acids is 1. The Hall–Kier alpha value is -1.62. The Morgan fingerprint density at radius 3 is 2.74 bits per heavy atom. The number of nitrogens with two attached hydrogens (primary N) is 1. The molecule has 1 aromatic rings. The van der Waals surface area contributed by atoms with Gasteiger partial charge in [0, 0.05) is 6.42 Å². The highest BCUT2D eigenvalue weighted by Crippen LogP contribution is 2.17. The van der Waals surface area contributed by atoms with E-state index in [1.807, 2.05) is 0 Å². The lowest BCUT2D eigenvalue weighted by Crippen LogP contribution is -2.47. The molecule has 1 aromatic carbocycles. The molecule has 0 heterocycles. The normalized spacial score (nSPS) is 13.7. The van der Waals surface area contributed by atoms with Gasteiger partial charge in [0.2, 0.25) is 0 Å². The molecule has 106 valence electrons. The van der Waals surface area contributed by atoms with Gasteiger partial charge in [-0.3, -0.25) is 4.79 Å². The van der Waals surface area contributed by atoms with E-state index in [1.54, 1.807) is 32.9 Å². The maximum Gasteiger partial charge on any atom is 0.325 e. The Labute approximate surface area is 112 Å². The van der Waals surface area contributed by atoms with Crippen LogP contribution >= 0.6 is 0 Å². The molecule has 0 saturated heterocycles. The van der Waals surface area contributed by atoms with E-state index in [9.17, 15) is 9.18 Å². The summed E-state index contributed by atoms with van der Waals surface area (Å²) in [4.78, 5) is 11.6. The van der Waals surface area contributed by atoms with Gasteiger partial charge < -0.3 is 15.2 Å². The summed E-state index contributed by atoms with van der Waals surface area (Å²) in [7, 11) is 0. The summed E-state index contributed by atoms with van der Waals surface area (Å²) in [5, 5.41) is 0. The molecule has 0 spiro atoms. The highest BCUT2D eigenvalue weighted by Gasteiger charge is 2.29. The standard InChI is InChI=1S/C14H20FNO3/c1-4-18-13(17)14(3,16)7-8-19-11-5-6-12(15)10(2)9-11/h5-6,9H,4,7-8,16H2,1-3H3. The molecule has 1 atom stereocenters. The minimum atomic E-state index is -1.08. The number of hydrogen-bond acceptors (Lipinski definition) is 4. The third kappa shape index (κ3) is 4.52. The van der Waals surface area contributed by atoms with Crippen LogP contribution in [0.5, 0.6) is 5.75 Å². The van der Waals surface area contributed by atoms with Crippen LogP contribution in [0, 0.1) is 12.7 Å². The Balaban J connectivity index is 2.49. The van der Waals surface area contributed by atoms with E-state index in [0.29, 0.717) is 24.3 Å². The first kappa shape index (κ1) is 15.4. The van der Waals surface area contributed by atoms with Crippen LogP contribution in [-0.4, -0.2) is 24.7 Å². The lowest BCUT2D eigenvalue weighted by atomic mass is 10.0.